The lowest BCUT2D eigenvalue weighted by Gasteiger charge is -2.10. The van der Waals surface area contributed by atoms with Gasteiger partial charge in [0.15, 0.2) is 0 Å². The molecular weight excluding hydrogens is 443 g/mol. The number of carbonyl (C=O) groups excluding carboxylic acids is 1. The summed E-state index contributed by atoms with van der Waals surface area (Å²) in [6.07, 6.45) is -4.46. The maximum absolute atomic E-state index is 12.8. The van der Waals surface area contributed by atoms with Crippen molar-refractivity contribution in [3.05, 3.63) is 58.9 Å². The number of aromatic nitrogens is 2. The molecule has 0 aliphatic carbocycles. The molecule has 0 aliphatic rings. The summed E-state index contributed by atoms with van der Waals surface area (Å²) in [5.74, 6) is 0.715. The van der Waals surface area contributed by atoms with Gasteiger partial charge in [0, 0.05) is 10.6 Å². The molecule has 0 aliphatic heterocycles. The molecule has 3 rings (SSSR count). The summed E-state index contributed by atoms with van der Waals surface area (Å²) in [5, 5.41) is 6.86. The van der Waals surface area contributed by atoms with Crippen molar-refractivity contribution in [2.75, 3.05) is 18.2 Å². The van der Waals surface area contributed by atoms with Gasteiger partial charge in [-0.25, -0.2) is 0 Å². The third-order valence-electron chi connectivity index (χ3n) is 3.81. The Bertz CT molecular complexity index is 1040. The van der Waals surface area contributed by atoms with Crippen LogP contribution in [-0.2, 0) is 16.7 Å². The number of benzene rings is 2. The fourth-order valence-corrected chi connectivity index (χ4v) is 3.28. The van der Waals surface area contributed by atoms with Crippen LogP contribution in [0.3, 0.4) is 0 Å². The van der Waals surface area contributed by atoms with E-state index in [2.05, 4.69) is 15.5 Å². The number of rotatable bonds is 7. The van der Waals surface area contributed by atoms with E-state index in [0.29, 0.717) is 16.5 Å². The average molecular weight is 458 g/mol. The Kier molecular flexibility index (Phi) is 6.88. The highest BCUT2D eigenvalue weighted by Gasteiger charge is 2.30. The number of thioether (sulfide) groups is 1. The molecule has 0 saturated heterocycles. The first kappa shape index (κ1) is 22.0. The minimum absolute atomic E-state index is 0.0461. The van der Waals surface area contributed by atoms with Gasteiger partial charge in [0.2, 0.25) is 17.6 Å². The molecule has 1 N–H and O–H groups in total. The van der Waals surface area contributed by atoms with Crippen LogP contribution in [0.2, 0.25) is 5.02 Å². The third-order valence-corrected chi connectivity index (χ3v) is 4.96. The van der Waals surface area contributed by atoms with E-state index in [1.54, 1.807) is 18.2 Å². The van der Waals surface area contributed by atoms with Crippen molar-refractivity contribution < 1.29 is 27.2 Å². The van der Waals surface area contributed by atoms with Crippen molar-refractivity contribution >= 4 is 35.0 Å². The first-order chi connectivity index (χ1) is 14.3. The van der Waals surface area contributed by atoms with Crippen molar-refractivity contribution in [1.29, 1.82) is 0 Å². The summed E-state index contributed by atoms with van der Waals surface area (Å²) in [6, 6.07) is 9.51. The molecule has 30 heavy (non-hydrogen) atoms. The minimum atomic E-state index is -4.46. The molecular formula is C19H15ClF3N3O3S. The maximum atomic E-state index is 12.8. The Morgan fingerprint density at radius 2 is 2.07 bits per heavy atom. The summed E-state index contributed by atoms with van der Waals surface area (Å²) in [5.41, 5.74) is -0.162. The predicted octanol–water partition coefficient (Wildman–Crippen LogP) is 5.29. The second kappa shape index (κ2) is 9.40. The predicted molar refractivity (Wildman–Crippen MR) is 108 cm³/mol. The van der Waals surface area contributed by atoms with E-state index >= 15 is 0 Å². The van der Waals surface area contributed by atoms with Gasteiger partial charge in [-0.3, -0.25) is 4.79 Å². The van der Waals surface area contributed by atoms with Gasteiger partial charge in [-0.2, -0.15) is 18.2 Å². The van der Waals surface area contributed by atoms with Gasteiger partial charge in [0.05, 0.1) is 29.9 Å². The van der Waals surface area contributed by atoms with Crippen LogP contribution in [0, 0.1) is 0 Å². The summed E-state index contributed by atoms with van der Waals surface area (Å²) in [6.45, 7) is 0. The second-order valence-corrected chi connectivity index (χ2v) is 7.40. The lowest BCUT2D eigenvalue weighted by atomic mass is 10.1. The number of nitrogens with one attached hydrogen (secondary N) is 1. The zero-order valence-corrected chi connectivity index (χ0v) is 17.1. The smallest absolute Gasteiger partial charge is 0.416 e. The molecule has 6 nitrogen and oxygen atoms in total. The van der Waals surface area contributed by atoms with Crippen LogP contribution in [0.25, 0.3) is 11.4 Å². The lowest BCUT2D eigenvalue weighted by Crippen LogP contribution is -2.14. The number of ether oxygens (including phenoxy) is 1. The van der Waals surface area contributed by atoms with Gasteiger partial charge in [0.1, 0.15) is 5.75 Å². The summed E-state index contributed by atoms with van der Waals surface area (Å²) >= 11 is 7.13. The number of hydrogen-bond acceptors (Lipinski definition) is 6. The fraction of sp³-hybridized carbons (Fsp3) is 0.211. The van der Waals surface area contributed by atoms with Crippen LogP contribution < -0.4 is 10.1 Å². The van der Waals surface area contributed by atoms with Crippen LogP contribution in [0.1, 0.15) is 11.5 Å². The molecule has 1 aromatic heterocycles. The van der Waals surface area contributed by atoms with Gasteiger partial charge >= 0.3 is 6.18 Å². The molecule has 158 valence electrons. The van der Waals surface area contributed by atoms with E-state index < -0.39 is 11.7 Å². The maximum Gasteiger partial charge on any atom is 0.416 e. The van der Waals surface area contributed by atoms with E-state index in [-0.39, 0.29) is 34.7 Å². The number of alkyl halides is 3. The van der Waals surface area contributed by atoms with Gasteiger partial charge in [-0.05, 0) is 30.3 Å². The van der Waals surface area contributed by atoms with Crippen LogP contribution in [0.5, 0.6) is 5.75 Å². The highest BCUT2D eigenvalue weighted by Crippen LogP contribution is 2.32. The summed E-state index contributed by atoms with van der Waals surface area (Å²) in [7, 11) is 1.48. The largest absolute Gasteiger partial charge is 0.495 e. The molecule has 0 unspecified atom stereocenters. The first-order valence-electron chi connectivity index (χ1n) is 8.47. The van der Waals surface area contributed by atoms with Crippen LogP contribution in [0.15, 0.2) is 47.0 Å². The Hall–Kier alpha value is -2.72. The van der Waals surface area contributed by atoms with E-state index in [1.165, 1.54) is 31.0 Å². The molecule has 0 fully saturated rings. The van der Waals surface area contributed by atoms with Crippen LogP contribution in [-0.4, -0.2) is 28.9 Å². The number of nitrogens with zero attached hydrogens (tertiary/aromatic N) is 2. The van der Waals surface area contributed by atoms with Gasteiger partial charge in [-0.15, -0.1) is 11.8 Å². The zero-order valence-electron chi connectivity index (χ0n) is 15.5. The molecule has 2 aromatic carbocycles. The van der Waals surface area contributed by atoms with E-state index in [1.807, 2.05) is 0 Å². The Labute approximate surface area is 178 Å². The van der Waals surface area contributed by atoms with Crippen molar-refractivity contribution in [2.24, 2.45) is 0 Å². The van der Waals surface area contributed by atoms with Crippen molar-refractivity contribution in [1.82, 2.24) is 10.1 Å². The zero-order chi connectivity index (χ0) is 21.7. The SMILES string of the molecule is COc1ccc(Cl)cc1NC(=O)CSCc1nc(-c2cccc(C(F)(F)F)c2)no1. The Balaban J connectivity index is 1.56. The normalized spacial score (nSPS) is 11.4. The number of anilines is 1. The quantitative estimate of drug-likeness (QED) is 0.519. The Morgan fingerprint density at radius 3 is 2.80 bits per heavy atom. The summed E-state index contributed by atoms with van der Waals surface area (Å²) < 4.78 is 48.7. The van der Waals surface area contributed by atoms with E-state index in [4.69, 9.17) is 20.9 Å². The number of methoxy groups -OCH3 is 1. The molecule has 0 bridgehead atoms. The van der Waals surface area contributed by atoms with E-state index in [9.17, 15) is 18.0 Å². The monoisotopic (exact) mass is 457 g/mol. The number of halogens is 4. The van der Waals surface area contributed by atoms with Crippen molar-refractivity contribution in [2.45, 2.75) is 11.9 Å². The second-order valence-electron chi connectivity index (χ2n) is 5.98. The molecule has 1 heterocycles. The standard InChI is InChI=1S/C19H15ClF3N3O3S/c1-28-15-6-5-13(20)8-14(15)24-16(27)9-30-10-17-25-18(26-29-17)11-3-2-4-12(7-11)19(21,22)23/h2-8H,9-10H2,1H3,(H,24,27). The van der Waals surface area contributed by atoms with Crippen molar-refractivity contribution in [3.63, 3.8) is 0 Å². The van der Waals surface area contributed by atoms with Crippen molar-refractivity contribution in [3.8, 4) is 17.1 Å². The highest BCUT2D eigenvalue weighted by molar-refractivity contribution is 7.99. The number of carbonyl (C=O) groups is 1. The molecule has 1 amide bonds. The molecule has 11 heteroatoms. The topological polar surface area (TPSA) is 77.2 Å². The van der Waals surface area contributed by atoms with Gasteiger partial charge in [-0.1, -0.05) is 28.9 Å². The van der Waals surface area contributed by atoms with E-state index in [0.717, 1.165) is 12.1 Å². The van der Waals surface area contributed by atoms with Gasteiger partial charge in [0.25, 0.3) is 0 Å². The first-order valence-corrected chi connectivity index (χ1v) is 10.0. The Morgan fingerprint density at radius 1 is 1.27 bits per heavy atom. The third kappa shape index (κ3) is 5.67. The minimum Gasteiger partial charge on any atom is -0.495 e. The number of amides is 1. The highest BCUT2D eigenvalue weighted by atomic mass is 35.5. The van der Waals surface area contributed by atoms with Crippen LogP contribution in [0.4, 0.5) is 18.9 Å². The molecule has 0 saturated carbocycles. The van der Waals surface area contributed by atoms with Crippen LogP contribution >= 0.6 is 23.4 Å². The molecule has 3 aromatic rings. The molecule has 0 spiro atoms. The number of hydrogen-bond donors (Lipinski definition) is 1. The average Bonchev–Trinajstić information content (AvgIpc) is 3.16. The molecule has 0 radical (unpaired) electrons. The molecule has 0 atom stereocenters. The van der Waals surface area contributed by atoms with Gasteiger partial charge < -0.3 is 14.6 Å². The fourth-order valence-electron chi connectivity index (χ4n) is 2.46. The summed E-state index contributed by atoms with van der Waals surface area (Å²) in [4.78, 5) is 16.2. The lowest BCUT2D eigenvalue weighted by molar-refractivity contribution is -0.137.